The Morgan fingerprint density at radius 2 is 2.24 bits per heavy atom. The van der Waals surface area contributed by atoms with Gasteiger partial charge in [-0.2, -0.15) is 0 Å². The molecule has 0 saturated heterocycles. The van der Waals surface area contributed by atoms with Gasteiger partial charge in [-0.1, -0.05) is 22.0 Å². The van der Waals surface area contributed by atoms with Crippen LogP contribution in [0.4, 0.5) is 4.39 Å². The zero-order valence-electron chi connectivity index (χ0n) is 9.92. The maximum atomic E-state index is 13.6. The van der Waals surface area contributed by atoms with Gasteiger partial charge in [0.05, 0.1) is 12.0 Å². The van der Waals surface area contributed by atoms with Gasteiger partial charge < -0.3 is 9.64 Å². The molecule has 0 saturated carbocycles. The molecule has 1 unspecified atom stereocenters. The first-order valence-electron chi connectivity index (χ1n) is 5.28. The highest BCUT2D eigenvalue weighted by Gasteiger charge is 2.10. The molecule has 1 aromatic carbocycles. The van der Waals surface area contributed by atoms with Crippen LogP contribution in [-0.4, -0.2) is 37.6 Å². The van der Waals surface area contributed by atoms with Crippen LogP contribution >= 0.6 is 27.5 Å². The van der Waals surface area contributed by atoms with E-state index in [2.05, 4.69) is 15.9 Å². The Balaban J connectivity index is 2.52. The van der Waals surface area contributed by atoms with E-state index in [9.17, 15) is 4.39 Å². The lowest BCUT2D eigenvalue weighted by Crippen LogP contribution is -2.28. The lowest BCUT2D eigenvalue weighted by atomic mass is 10.2. The fourth-order valence-electron chi connectivity index (χ4n) is 1.58. The minimum atomic E-state index is -0.205. The van der Waals surface area contributed by atoms with E-state index in [0.717, 1.165) is 4.47 Å². The Hall–Kier alpha value is -0.160. The summed E-state index contributed by atoms with van der Waals surface area (Å²) in [5.74, 6) is -0.205. The fraction of sp³-hybridized carbons (Fsp3) is 0.500. The van der Waals surface area contributed by atoms with Crippen LogP contribution in [0.25, 0.3) is 0 Å². The molecule has 2 nitrogen and oxygen atoms in total. The summed E-state index contributed by atoms with van der Waals surface area (Å²) in [6.07, 6.45) is 0. The van der Waals surface area contributed by atoms with E-state index in [1.807, 2.05) is 18.0 Å². The highest BCUT2D eigenvalue weighted by molar-refractivity contribution is 9.10. The van der Waals surface area contributed by atoms with Gasteiger partial charge in [-0.25, -0.2) is 4.39 Å². The Morgan fingerprint density at radius 1 is 1.53 bits per heavy atom. The van der Waals surface area contributed by atoms with Gasteiger partial charge in [-0.3, -0.25) is 0 Å². The SMILES string of the molecule is COCC(Cl)CN(C)Cc1ccc(Br)cc1F. The number of hydrogen-bond acceptors (Lipinski definition) is 2. The molecule has 0 aliphatic carbocycles. The van der Waals surface area contributed by atoms with Crippen LogP contribution in [-0.2, 0) is 11.3 Å². The lowest BCUT2D eigenvalue weighted by Gasteiger charge is -2.20. The molecule has 5 heteroatoms. The van der Waals surface area contributed by atoms with E-state index >= 15 is 0 Å². The second kappa shape index (κ2) is 7.31. The number of benzene rings is 1. The molecule has 0 bridgehead atoms. The molecule has 17 heavy (non-hydrogen) atoms. The minimum Gasteiger partial charge on any atom is -0.383 e. The minimum absolute atomic E-state index is 0.0801. The standard InChI is InChI=1S/C12H16BrClFNO/c1-16(7-11(14)8-17-2)6-9-3-4-10(13)5-12(9)15/h3-5,11H,6-8H2,1-2H3. The van der Waals surface area contributed by atoms with Gasteiger partial charge in [-0.15, -0.1) is 11.6 Å². The Kier molecular flexibility index (Phi) is 6.41. The number of methoxy groups -OCH3 is 1. The third-order valence-electron chi connectivity index (χ3n) is 2.31. The van der Waals surface area contributed by atoms with Crippen molar-refractivity contribution in [1.82, 2.24) is 4.90 Å². The quantitative estimate of drug-likeness (QED) is 0.745. The van der Waals surface area contributed by atoms with Crippen molar-refractivity contribution in [2.24, 2.45) is 0 Å². The molecule has 0 amide bonds. The van der Waals surface area contributed by atoms with Crippen LogP contribution < -0.4 is 0 Å². The first kappa shape index (κ1) is 14.9. The number of alkyl halides is 1. The number of rotatable bonds is 6. The molecular formula is C12H16BrClFNO. The summed E-state index contributed by atoms with van der Waals surface area (Å²) in [6.45, 7) is 1.69. The molecule has 0 radical (unpaired) electrons. The number of hydrogen-bond donors (Lipinski definition) is 0. The number of ether oxygens (including phenoxy) is 1. The van der Waals surface area contributed by atoms with E-state index in [-0.39, 0.29) is 11.2 Å². The largest absolute Gasteiger partial charge is 0.383 e. The van der Waals surface area contributed by atoms with Crippen molar-refractivity contribution in [2.45, 2.75) is 11.9 Å². The summed E-state index contributed by atoms with van der Waals surface area (Å²) in [7, 11) is 3.52. The van der Waals surface area contributed by atoms with Crippen molar-refractivity contribution >= 4 is 27.5 Å². The molecule has 0 aliphatic rings. The van der Waals surface area contributed by atoms with Gasteiger partial charge in [0.1, 0.15) is 5.82 Å². The highest BCUT2D eigenvalue weighted by atomic mass is 79.9. The Bertz CT molecular complexity index is 364. The van der Waals surface area contributed by atoms with Crippen molar-refractivity contribution in [3.05, 3.63) is 34.1 Å². The first-order chi connectivity index (χ1) is 8.02. The second-order valence-electron chi connectivity index (χ2n) is 3.99. The fourth-order valence-corrected chi connectivity index (χ4v) is 2.27. The van der Waals surface area contributed by atoms with Crippen molar-refractivity contribution in [2.75, 3.05) is 27.3 Å². The van der Waals surface area contributed by atoms with Crippen LogP contribution in [0.5, 0.6) is 0 Å². The van der Waals surface area contributed by atoms with Gasteiger partial charge in [0.15, 0.2) is 0 Å². The molecule has 0 spiro atoms. The van der Waals surface area contributed by atoms with Crippen molar-refractivity contribution < 1.29 is 9.13 Å². The van der Waals surface area contributed by atoms with Gasteiger partial charge in [0.2, 0.25) is 0 Å². The average Bonchev–Trinajstić information content (AvgIpc) is 2.22. The summed E-state index contributed by atoms with van der Waals surface area (Å²) in [5, 5.41) is -0.0801. The Labute approximate surface area is 115 Å². The zero-order valence-corrected chi connectivity index (χ0v) is 12.3. The molecule has 0 fully saturated rings. The van der Waals surface area contributed by atoms with Gasteiger partial charge >= 0.3 is 0 Å². The molecule has 1 rings (SSSR count). The Morgan fingerprint density at radius 3 is 2.82 bits per heavy atom. The highest BCUT2D eigenvalue weighted by Crippen LogP contribution is 2.16. The molecule has 0 aromatic heterocycles. The van der Waals surface area contributed by atoms with Crippen molar-refractivity contribution in [3.8, 4) is 0 Å². The van der Waals surface area contributed by atoms with Crippen LogP contribution in [0.3, 0.4) is 0 Å². The third-order valence-corrected chi connectivity index (χ3v) is 3.07. The van der Waals surface area contributed by atoms with Crippen LogP contribution in [0, 0.1) is 5.82 Å². The number of nitrogens with zero attached hydrogens (tertiary/aromatic N) is 1. The van der Waals surface area contributed by atoms with Gasteiger partial charge in [-0.05, 0) is 19.2 Å². The molecule has 1 atom stereocenters. The number of halogens is 3. The van der Waals surface area contributed by atoms with E-state index < -0.39 is 0 Å². The van der Waals surface area contributed by atoms with Crippen LogP contribution in [0.15, 0.2) is 22.7 Å². The molecule has 0 N–H and O–H groups in total. The smallest absolute Gasteiger partial charge is 0.128 e. The first-order valence-corrected chi connectivity index (χ1v) is 6.51. The summed E-state index contributed by atoms with van der Waals surface area (Å²) in [5.41, 5.74) is 0.664. The summed E-state index contributed by atoms with van der Waals surface area (Å²) in [4.78, 5) is 1.98. The van der Waals surface area contributed by atoms with Gasteiger partial charge in [0, 0.05) is 30.2 Å². The zero-order chi connectivity index (χ0) is 12.8. The summed E-state index contributed by atoms with van der Waals surface area (Å²) < 4.78 is 19.3. The average molecular weight is 325 g/mol. The molecule has 0 aliphatic heterocycles. The van der Waals surface area contributed by atoms with Crippen LogP contribution in [0.1, 0.15) is 5.56 Å². The van der Waals surface area contributed by atoms with E-state index in [0.29, 0.717) is 25.3 Å². The van der Waals surface area contributed by atoms with Crippen LogP contribution in [0.2, 0.25) is 0 Å². The van der Waals surface area contributed by atoms with E-state index in [1.165, 1.54) is 6.07 Å². The normalized spacial score (nSPS) is 13.1. The monoisotopic (exact) mass is 323 g/mol. The maximum absolute atomic E-state index is 13.6. The molecule has 96 valence electrons. The van der Waals surface area contributed by atoms with E-state index in [1.54, 1.807) is 13.2 Å². The van der Waals surface area contributed by atoms with E-state index in [4.69, 9.17) is 16.3 Å². The van der Waals surface area contributed by atoms with Crippen molar-refractivity contribution in [1.29, 1.82) is 0 Å². The third kappa shape index (κ3) is 5.34. The van der Waals surface area contributed by atoms with Gasteiger partial charge in [0.25, 0.3) is 0 Å². The summed E-state index contributed by atoms with van der Waals surface area (Å²) in [6, 6.07) is 5.07. The molecule has 0 heterocycles. The second-order valence-corrected chi connectivity index (χ2v) is 5.52. The topological polar surface area (TPSA) is 12.5 Å². The maximum Gasteiger partial charge on any atom is 0.128 e. The summed E-state index contributed by atoms with van der Waals surface area (Å²) >= 11 is 9.27. The predicted molar refractivity (Wildman–Crippen MR) is 72.0 cm³/mol. The van der Waals surface area contributed by atoms with Crippen molar-refractivity contribution in [3.63, 3.8) is 0 Å². The molecule has 1 aromatic rings. The molecular weight excluding hydrogens is 308 g/mol. The lowest BCUT2D eigenvalue weighted by molar-refractivity contribution is 0.181. The predicted octanol–water partition coefficient (Wildman–Crippen LogP) is 3.27.